The molecular weight excluding hydrogens is 300 g/mol. The molecular formula is C14H16BF3O4. The Kier molecular flexibility index (Phi) is 3.82. The number of halogens is 3. The summed E-state index contributed by atoms with van der Waals surface area (Å²) in [6, 6.07) is 2.52. The molecule has 22 heavy (non-hydrogen) atoms. The summed E-state index contributed by atoms with van der Waals surface area (Å²) in [5.41, 5.74) is -2.86. The molecule has 0 aromatic heterocycles. The van der Waals surface area contributed by atoms with Crippen LogP contribution in [-0.2, 0) is 15.5 Å². The predicted molar refractivity (Wildman–Crippen MR) is 74.1 cm³/mol. The van der Waals surface area contributed by atoms with Crippen molar-refractivity contribution >= 4 is 18.6 Å². The monoisotopic (exact) mass is 316 g/mol. The van der Waals surface area contributed by atoms with Crippen molar-refractivity contribution in [1.82, 2.24) is 0 Å². The normalized spacial score (nSPS) is 20.2. The van der Waals surface area contributed by atoms with Crippen LogP contribution in [-0.4, -0.2) is 29.4 Å². The van der Waals surface area contributed by atoms with E-state index >= 15 is 0 Å². The maximum Gasteiger partial charge on any atom is 0.495 e. The summed E-state index contributed by atoms with van der Waals surface area (Å²) in [5.74, 6) is -1.46. The van der Waals surface area contributed by atoms with Gasteiger partial charge in [0.2, 0.25) is 0 Å². The lowest BCUT2D eigenvalue weighted by molar-refractivity contribution is -0.137. The fourth-order valence-corrected chi connectivity index (χ4v) is 2.09. The molecule has 0 spiro atoms. The van der Waals surface area contributed by atoms with Crippen molar-refractivity contribution in [1.29, 1.82) is 0 Å². The molecule has 0 aliphatic carbocycles. The maximum atomic E-state index is 12.7. The minimum Gasteiger partial charge on any atom is -0.478 e. The molecule has 4 nitrogen and oxygen atoms in total. The van der Waals surface area contributed by atoms with E-state index < -0.39 is 41.6 Å². The van der Waals surface area contributed by atoms with Crippen molar-refractivity contribution in [3.63, 3.8) is 0 Å². The first kappa shape index (κ1) is 16.8. The molecule has 1 aromatic carbocycles. The molecule has 1 aromatic rings. The SMILES string of the molecule is CC1(C)OB(c2ccc(C(F)(F)F)cc2C(=O)O)OC1(C)C. The van der Waals surface area contributed by atoms with Crippen LogP contribution in [0.4, 0.5) is 13.2 Å². The maximum absolute atomic E-state index is 12.7. The Labute approximate surface area is 126 Å². The highest BCUT2D eigenvalue weighted by Crippen LogP contribution is 2.37. The summed E-state index contributed by atoms with van der Waals surface area (Å²) in [6.45, 7) is 7.10. The first-order valence-corrected chi connectivity index (χ1v) is 6.65. The quantitative estimate of drug-likeness (QED) is 0.853. The van der Waals surface area contributed by atoms with E-state index in [1.807, 2.05) is 0 Å². The van der Waals surface area contributed by atoms with Crippen LogP contribution in [0.2, 0.25) is 0 Å². The largest absolute Gasteiger partial charge is 0.495 e. The summed E-state index contributed by atoms with van der Waals surface area (Å²) in [5, 5.41) is 9.20. The van der Waals surface area contributed by atoms with Crippen molar-refractivity contribution in [2.45, 2.75) is 45.1 Å². The van der Waals surface area contributed by atoms with E-state index in [-0.39, 0.29) is 5.46 Å². The van der Waals surface area contributed by atoms with Crippen molar-refractivity contribution < 1.29 is 32.4 Å². The van der Waals surface area contributed by atoms with Crippen molar-refractivity contribution in [3.05, 3.63) is 29.3 Å². The van der Waals surface area contributed by atoms with Gasteiger partial charge in [0, 0.05) is 0 Å². The zero-order chi connectivity index (χ0) is 16.9. The highest BCUT2D eigenvalue weighted by molar-refractivity contribution is 6.63. The zero-order valence-electron chi connectivity index (χ0n) is 12.6. The first-order valence-electron chi connectivity index (χ1n) is 6.65. The van der Waals surface area contributed by atoms with Gasteiger partial charge in [-0.3, -0.25) is 0 Å². The number of carbonyl (C=O) groups is 1. The van der Waals surface area contributed by atoms with Crippen LogP contribution >= 0.6 is 0 Å². The minimum atomic E-state index is -4.61. The predicted octanol–water partition coefficient (Wildman–Crippen LogP) is 2.70. The Hall–Kier alpha value is -1.54. The zero-order valence-corrected chi connectivity index (χ0v) is 12.6. The van der Waals surface area contributed by atoms with E-state index in [1.54, 1.807) is 27.7 Å². The van der Waals surface area contributed by atoms with Gasteiger partial charge in [-0.15, -0.1) is 0 Å². The highest BCUT2D eigenvalue weighted by Gasteiger charge is 2.52. The lowest BCUT2D eigenvalue weighted by Gasteiger charge is -2.32. The lowest BCUT2D eigenvalue weighted by atomic mass is 9.75. The topological polar surface area (TPSA) is 55.8 Å². The minimum absolute atomic E-state index is 0.0687. The first-order chi connectivity index (χ1) is 9.85. The number of carboxylic acids is 1. The number of benzene rings is 1. The fourth-order valence-electron chi connectivity index (χ4n) is 2.09. The Morgan fingerprint density at radius 1 is 1.14 bits per heavy atom. The van der Waals surface area contributed by atoms with Gasteiger partial charge < -0.3 is 14.4 Å². The number of carboxylic acid groups (broad SMARTS) is 1. The van der Waals surface area contributed by atoms with E-state index in [0.29, 0.717) is 6.07 Å². The molecule has 8 heteroatoms. The van der Waals surface area contributed by atoms with Gasteiger partial charge in [-0.2, -0.15) is 13.2 Å². The van der Waals surface area contributed by atoms with Gasteiger partial charge >= 0.3 is 19.3 Å². The number of hydrogen-bond donors (Lipinski definition) is 1. The molecule has 0 radical (unpaired) electrons. The second-order valence-electron chi connectivity index (χ2n) is 6.19. The molecule has 2 rings (SSSR count). The van der Waals surface area contributed by atoms with Gasteiger partial charge in [-0.25, -0.2) is 4.79 Å². The summed E-state index contributed by atoms with van der Waals surface area (Å²) < 4.78 is 49.6. The van der Waals surface area contributed by atoms with Gasteiger partial charge in [0.25, 0.3) is 0 Å². The molecule has 0 amide bonds. The average molecular weight is 316 g/mol. The van der Waals surface area contributed by atoms with Crippen LogP contribution in [0.3, 0.4) is 0 Å². The molecule has 1 aliphatic heterocycles. The van der Waals surface area contributed by atoms with Crippen molar-refractivity contribution in [2.75, 3.05) is 0 Å². The summed E-state index contributed by atoms with van der Waals surface area (Å²) >= 11 is 0. The van der Waals surface area contributed by atoms with Gasteiger partial charge in [-0.05, 0) is 39.2 Å². The van der Waals surface area contributed by atoms with Gasteiger partial charge in [-0.1, -0.05) is 12.1 Å². The van der Waals surface area contributed by atoms with E-state index in [1.165, 1.54) is 0 Å². The van der Waals surface area contributed by atoms with Crippen LogP contribution < -0.4 is 5.46 Å². The Bertz CT molecular complexity index is 595. The molecule has 0 saturated carbocycles. The second-order valence-corrected chi connectivity index (χ2v) is 6.19. The lowest BCUT2D eigenvalue weighted by Crippen LogP contribution is -2.41. The van der Waals surface area contributed by atoms with Crippen LogP contribution in [0.5, 0.6) is 0 Å². The highest BCUT2D eigenvalue weighted by atomic mass is 19.4. The number of hydrogen-bond acceptors (Lipinski definition) is 3. The molecule has 1 N–H and O–H groups in total. The molecule has 1 aliphatic rings. The van der Waals surface area contributed by atoms with Crippen molar-refractivity contribution in [2.24, 2.45) is 0 Å². The van der Waals surface area contributed by atoms with Gasteiger partial charge in [0.05, 0.1) is 22.3 Å². The van der Waals surface area contributed by atoms with Crippen LogP contribution in [0, 0.1) is 0 Å². The summed E-state index contributed by atoms with van der Waals surface area (Å²) in [6.07, 6.45) is -4.61. The van der Waals surface area contributed by atoms with Crippen LogP contribution in [0.25, 0.3) is 0 Å². The summed E-state index contributed by atoms with van der Waals surface area (Å²) in [7, 11) is -1.03. The van der Waals surface area contributed by atoms with E-state index in [9.17, 15) is 23.1 Å². The van der Waals surface area contributed by atoms with E-state index in [0.717, 1.165) is 12.1 Å². The van der Waals surface area contributed by atoms with Crippen LogP contribution in [0.1, 0.15) is 43.6 Å². The number of alkyl halides is 3. The van der Waals surface area contributed by atoms with E-state index in [4.69, 9.17) is 9.31 Å². The second kappa shape index (κ2) is 4.99. The molecule has 1 heterocycles. The third kappa shape index (κ3) is 2.85. The average Bonchev–Trinajstić information content (AvgIpc) is 2.56. The third-order valence-electron chi connectivity index (χ3n) is 4.12. The summed E-state index contributed by atoms with van der Waals surface area (Å²) in [4.78, 5) is 11.3. The van der Waals surface area contributed by atoms with Gasteiger partial charge in [0.15, 0.2) is 0 Å². The smallest absolute Gasteiger partial charge is 0.478 e. The van der Waals surface area contributed by atoms with Crippen LogP contribution in [0.15, 0.2) is 18.2 Å². The van der Waals surface area contributed by atoms with Gasteiger partial charge in [0.1, 0.15) is 0 Å². The number of aromatic carboxylic acids is 1. The third-order valence-corrected chi connectivity index (χ3v) is 4.12. The molecule has 0 bridgehead atoms. The molecule has 1 saturated heterocycles. The molecule has 0 unspecified atom stereocenters. The number of rotatable bonds is 2. The Balaban J connectivity index is 2.47. The van der Waals surface area contributed by atoms with Crippen molar-refractivity contribution in [3.8, 4) is 0 Å². The Morgan fingerprint density at radius 3 is 2.05 bits per heavy atom. The molecule has 0 atom stereocenters. The fraction of sp³-hybridized carbons (Fsp3) is 0.500. The standard InChI is InChI=1S/C14H16BF3O4/c1-12(2)13(3,4)22-15(21-12)10-6-5-8(14(16,17)18)7-9(10)11(19)20/h5-7H,1-4H3,(H,19,20). The molecule has 1 fully saturated rings. The van der Waals surface area contributed by atoms with E-state index in [2.05, 4.69) is 0 Å². The Morgan fingerprint density at radius 2 is 1.64 bits per heavy atom. The molecule has 120 valence electrons.